The van der Waals surface area contributed by atoms with Crippen molar-refractivity contribution in [1.29, 1.82) is 0 Å². The highest BCUT2D eigenvalue weighted by Crippen LogP contribution is 2.27. The van der Waals surface area contributed by atoms with Gasteiger partial charge in [-0.2, -0.15) is 5.10 Å². The lowest BCUT2D eigenvalue weighted by Crippen LogP contribution is -2.29. The van der Waals surface area contributed by atoms with Gasteiger partial charge in [0, 0.05) is 43.2 Å². The Balaban J connectivity index is 1.38. The van der Waals surface area contributed by atoms with E-state index in [-0.39, 0.29) is 17.4 Å². The smallest absolute Gasteiger partial charge is 0.256 e. The Hall–Kier alpha value is -3.61. The first-order valence-corrected chi connectivity index (χ1v) is 9.49. The van der Waals surface area contributed by atoms with Crippen molar-refractivity contribution in [2.45, 2.75) is 12.3 Å². The topological polar surface area (TPSA) is 63.4 Å². The van der Waals surface area contributed by atoms with E-state index in [1.807, 2.05) is 30.5 Å². The Kier molecular flexibility index (Phi) is 4.27. The first-order chi connectivity index (χ1) is 14.2. The number of aromatic nitrogens is 4. The maximum atomic E-state index is 14.0. The van der Waals surface area contributed by atoms with Crippen molar-refractivity contribution in [1.82, 2.24) is 24.5 Å². The Morgan fingerprint density at radius 2 is 1.86 bits per heavy atom. The lowest BCUT2D eigenvalue weighted by Gasteiger charge is -2.16. The molecule has 29 heavy (non-hydrogen) atoms. The summed E-state index contributed by atoms with van der Waals surface area (Å²) in [6, 6.07) is 13.9. The van der Waals surface area contributed by atoms with Crippen molar-refractivity contribution in [3.05, 3.63) is 84.3 Å². The minimum atomic E-state index is -0.490. The lowest BCUT2D eigenvalue weighted by atomic mass is 10.1. The van der Waals surface area contributed by atoms with Crippen LogP contribution in [0.1, 0.15) is 28.5 Å². The number of carbonyl (C=O) groups is 1. The van der Waals surface area contributed by atoms with Gasteiger partial charge in [-0.1, -0.05) is 12.1 Å². The molecule has 4 heterocycles. The van der Waals surface area contributed by atoms with Crippen LogP contribution in [0, 0.1) is 5.82 Å². The van der Waals surface area contributed by atoms with Crippen molar-refractivity contribution >= 4 is 11.6 Å². The second-order valence-electron chi connectivity index (χ2n) is 7.14. The molecule has 1 unspecified atom stereocenters. The molecule has 6 nitrogen and oxygen atoms in total. The zero-order valence-electron chi connectivity index (χ0n) is 15.6. The number of rotatable bonds is 3. The number of hydrogen-bond donors (Lipinski definition) is 0. The minimum Gasteiger partial charge on any atom is -0.338 e. The monoisotopic (exact) mass is 387 g/mol. The quantitative estimate of drug-likeness (QED) is 0.539. The third-order valence-electron chi connectivity index (χ3n) is 5.31. The molecule has 1 amide bonds. The number of amides is 1. The molecule has 0 bridgehead atoms. The number of fused-ring (bicyclic) bond motifs is 1. The average molecular weight is 387 g/mol. The van der Waals surface area contributed by atoms with Crippen LogP contribution in [0.5, 0.6) is 0 Å². The van der Waals surface area contributed by atoms with Gasteiger partial charge >= 0.3 is 0 Å². The van der Waals surface area contributed by atoms with Gasteiger partial charge in [0.05, 0.1) is 5.56 Å². The van der Waals surface area contributed by atoms with Gasteiger partial charge in [0.2, 0.25) is 0 Å². The van der Waals surface area contributed by atoms with Crippen LogP contribution in [0.3, 0.4) is 0 Å². The first-order valence-electron chi connectivity index (χ1n) is 9.49. The highest BCUT2D eigenvalue weighted by molar-refractivity contribution is 5.94. The average Bonchev–Trinajstić information content (AvgIpc) is 3.41. The maximum Gasteiger partial charge on any atom is 0.256 e. The molecule has 1 atom stereocenters. The molecule has 5 rings (SSSR count). The summed E-state index contributed by atoms with van der Waals surface area (Å²) in [7, 11) is 0. The zero-order chi connectivity index (χ0) is 19.8. The zero-order valence-corrected chi connectivity index (χ0v) is 15.6. The number of pyridine rings is 2. The van der Waals surface area contributed by atoms with Crippen molar-refractivity contribution in [2.75, 3.05) is 13.1 Å². The molecule has 1 aromatic carbocycles. The molecule has 1 fully saturated rings. The fraction of sp³-hybridized carbons (Fsp3) is 0.182. The summed E-state index contributed by atoms with van der Waals surface area (Å²) in [5, 5.41) is 4.64. The van der Waals surface area contributed by atoms with Crippen LogP contribution in [0.2, 0.25) is 0 Å². The second-order valence-corrected chi connectivity index (χ2v) is 7.14. The van der Waals surface area contributed by atoms with E-state index in [0.29, 0.717) is 18.9 Å². The Bertz CT molecular complexity index is 1190. The summed E-state index contributed by atoms with van der Waals surface area (Å²) in [6.07, 6.45) is 6.21. The van der Waals surface area contributed by atoms with Crippen LogP contribution in [0.4, 0.5) is 4.39 Å². The predicted molar refractivity (Wildman–Crippen MR) is 106 cm³/mol. The summed E-state index contributed by atoms with van der Waals surface area (Å²) in [6.45, 7) is 1.05. The van der Waals surface area contributed by atoms with Gasteiger partial charge < -0.3 is 4.90 Å². The van der Waals surface area contributed by atoms with E-state index in [4.69, 9.17) is 0 Å². The third kappa shape index (κ3) is 3.24. The van der Waals surface area contributed by atoms with Gasteiger partial charge in [-0.15, -0.1) is 0 Å². The molecule has 4 aromatic rings. The normalized spacial score (nSPS) is 16.4. The molecular formula is C22H18FN5O. The predicted octanol–water partition coefficient (Wildman–Crippen LogP) is 3.56. The summed E-state index contributed by atoms with van der Waals surface area (Å²) in [5.74, 6) is -0.0273. The van der Waals surface area contributed by atoms with E-state index in [2.05, 4.69) is 15.1 Å². The van der Waals surface area contributed by atoms with Crippen molar-refractivity contribution in [3.63, 3.8) is 0 Å². The van der Waals surface area contributed by atoms with E-state index in [9.17, 15) is 9.18 Å². The number of benzene rings is 1. The molecule has 1 aliphatic rings. The molecule has 0 N–H and O–H groups in total. The molecule has 0 radical (unpaired) electrons. The standard InChI is InChI=1S/C22H18FN5O/c23-19-4-2-1-3-18(19)22(29)27-12-9-17(13-27)21-25-20-6-5-16(14-28(20)26-21)15-7-10-24-11-8-15/h1-8,10-11,14,17H,9,12-13H2. The summed E-state index contributed by atoms with van der Waals surface area (Å²) < 4.78 is 15.7. The van der Waals surface area contributed by atoms with Gasteiger partial charge in [0.15, 0.2) is 11.5 Å². The minimum absolute atomic E-state index is 0.0370. The highest BCUT2D eigenvalue weighted by Gasteiger charge is 2.31. The van der Waals surface area contributed by atoms with E-state index in [1.165, 1.54) is 12.1 Å². The SMILES string of the molecule is O=C(c1ccccc1F)N1CCC(c2nc3ccc(-c4ccncc4)cn3n2)C1. The number of hydrogen-bond acceptors (Lipinski definition) is 4. The van der Waals surface area contributed by atoms with E-state index in [0.717, 1.165) is 23.2 Å². The van der Waals surface area contributed by atoms with Gasteiger partial charge in [0.25, 0.3) is 5.91 Å². The molecule has 1 aliphatic heterocycles. The van der Waals surface area contributed by atoms with Crippen molar-refractivity contribution < 1.29 is 9.18 Å². The molecule has 7 heteroatoms. The first kappa shape index (κ1) is 17.5. The van der Waals surface area contributed by atoms with Gasteiger partial charge in [-0.05, 0) is 48.4 Å². The van der Waals surface area contributed by atoms with Gasteiger partial charge in [0.1, 0.15) is 5.82 Å². The van der Waals surface area contributed by atoms with Crippen LogP contribution in [0.25, 0.3) is 16.8 Å². The fourth-order valence-electron chi connectivity index (χ4n) is 3.75. The van der Waals surface area contributed by atoms with Gasteiger partial charge in [-0.3, -0.25) is 9.78 Å². The van der Waals surface area contributed by atoms with Crippen LogP contribution < -0.4 is 0 Å². The summed E-state index contributed by atoms with van der Waals surface area (Å²) in [5.41, 5.74) is 2.95. The number of carbonyl (C=O) groups excluding carboxylic acids is 1. The molecule has 1 saturated heterocycles. The summed E-state index contributed by atoms with van der Waals surface area (Å²) in [4.78, 5) is 23.0. The number of halogens is 1. The fourth-order valence-corrected chi connectivity index (χ4v) is 3.75. The van der Waals surface area contributed by atoms with Crippen molar-refractivity contribution in [3.8, 4) is 11.1 Å². The number of likely N-dealkylation sites (tertiary alicyclic amines) is 1. The Morgan fingerprint density at radius 1 is 1.03 bits per heavy atom. The molecule has 0 spiro atoms. The Morgan fingerprint density at radius 3 is 2.69 bits per heavy atom. The van der Waals surface area contributed by atoms with Crippen LogP contribution in [0.15, 0.2) is 67.1 Å². The van der Waals surface area contributed by atoms with Crippen LogP contribution in [-0.2, 0) is 0 Å². The molecule has 0 saturated carbocycles. The van der Waals surface area contributed by atoms with Gasteiger partial charge in [-0.25, -0.2) is 13.9 Å². The van der Waals surface area contributed by atoms with E-state index >= 15 is 0 Å². The van der Waals surface area contributed by atoms with E-state index in [1.54, 1.807) is 33.9 Å². The summed E-state index contributed by atoms with van der Waals surface area (Å²) >= 11 is 0. The van der Waals surface area contributed by atoms with Crippen LogP contribution in [-0.4, -0.2) is 43.5 Å². The Labute approximate surface area is 166 Å². The lowest BCUT2D eigenvalue weighted by molar-refractivity contribution is 0.0786. The third-order valence-corrected chi connectivity index (χ3v) is 5.31. The maximum absolute atomic E-state index is 14.0. The second kappa shape index (κ2) is 7.09. The number of nitrogens with zero attached hydrogens (tertiary/aromatic N) is 5. The molecule has 3 aromatic heterocycles. The highest BCUT2D eigenvalue weighted by atomic mass is 19.1. The largest absolute Gasteiger partial charge is 0.338 e. The van der Waals surface area contributed by atoms with Crippen LogP contribution >= 0.6 is 0 Å². The molecule has 0 aliphatic carbocycles. The molecule has 144 valence electrons. The van der Waals surface area contributed by atoms with E-state index < -0.39 is 5.82 Å². The molecular weight excluding hydrogens is 369 g/mol. The van der Waals surface area contributed by atoms with Crippen molar-refractivity contribution in [2.24, 2.45) is 0 Å².